The van der Waals surface area contributed by atoms with Crippen LogP contribution in [0.2, 0.25) is 0 Å². The highest BCUT2D eigenvalue weighted by Gasteiger charge is 2.00. The van der Waals surface area contributed by atoms with Crippen molar-refractivity contribution in [2.75, 3.05) is 0 Å². The van der Waals surface area contributed by atoms with Crippen molar-refractivity contribution in [3.63, 3.8) is 0 Å². The summed E-state index contributed by atoms with van der Waals surface area (Å²) in [5.74, 6) is 0. The largest absolute Gasteiger partial charge is 0.466 e. The van der Waals surface area contributed by atoms with Crippen LogP contribution in [0.4, 0.5) is 0 Å². The van der Waals surface area contributed by atoms with E-state index in [2.05, 4.69) is 0 Å². The van der Waals surface area contributed by atoms with E-state index in [1.54, 1.807) is 0 Å². The second-order valence-corrected chi connectivity index (χ2v) is 1.54. The molecule has 11 N–H and O–H groups in total. The summed E-state index contributed by atoms with van der Waals surface area (Å²) in [5.41, 5.74) is 0. The van der Waals surface area contributed by atoms with Gasteiger partial charge < -0.3 is 36.6 Å². The van der Waals surface area contributed by atoms with E-state index in [4.69, 9.17) is 19.2 Å². The van der Waals surface area contributed by atoms with Crippen LogP contribution in [0.15, 0.2) is 0 Å². The fourth-order valence-corrected chi connectivity index (χ4v) is 0. The lowest BCUT2D eigenvalue weighted by Gasteiger charge is -1.82. The third-order valence-electron chi connectivity index (χ3n) is 0. The maximum absolute atomic E-state index is 8.88. The zero-order chi connectivity index (χ0) is 4.50. The number of hydrogen-bond donors (Lipinski definition) is 3. The molecule has 0 aromatic heterocycles. The van der Waals surface area contributed by atoms with Gasteiger partial charge in [0.2, 0.25) is 0 Å². The van der Waals surface area contributed by atoms with Crippen LogP contribution in [0.3, 0.4) is 0 Å². The summed E-state index contributed by atoms with van der Waals surface area (Å²) < 4.78 is 8.88. The minimum Gasteiger partial charge on any atom is -0.412 e. The zero-order valence-corrected chi connectivity index (χ0v) is 5.09. The molecule has 0 aromatic rings. The molecule has 8 nitrogen and oxygen atoms in total. The highest BCUT2D eigenvalue weighted by molar-refractivity contribution is 7.45. The van der Waals surface area contributed by atoms with E-state index in [1.165, 1.54) is 0 Å². The molecular weight excluding hydrogens is 159 g/mol. The Morgan fingerprint density at radius 2 is 0.778 bits per heavy atom. The van der Waals surface area contributed by atoms with Crippen molar-refractivity contribution >= 4 is 7.82 Å². The van der Waals surface area contributed by atoms with Crippen molar-refractivity contribution in [3.05, 3.63) is 0 Å². The molecular formula is H11O8P. The number of hydrogen-bond acceptors (Lipinski definition) is 1. The first kappa shape index (κ1) is 36.3. The van der Waals surface area contributed by atoms with Crippen molar-refractivity contribution < 1.29 is 41.2 Å². The third-order valence-corrected chi connectivity index (χ3v) is 0. The predicted octanol–water partition coefficient (Wildman–Crippen LogP) is -4.23. The van der Waals surface area contributed by atoms with Crippen LogP contribution in [-0.2, 0) is 4.57 Å². The van der Waals surface area contributed by atoms with Gasteiger partial charge in [0.1, 0.15) is 0 Å². The van der Waals surface area contributed by atoms with Gasteiger partial charge in [-0.1, -0.05) is 0 Å². The van der Waals surface area contributed by atoms with Gasteiger partial charge in [-0.3, -0.25) is 0 Å². The summed E-state index contributed by atoms with van der Waals surface area (Å²) in [7, 11) is -4.64. The van der Waals surface area contributed by atoms with Gasteiger partial charge in [-0.2, -0.15) is 0 Å². The number of rotatable bonds is 0. The molecule has 9 heteroatoms. The molecule has 64 valence electrons. The molecule has 0 heterocycles. The van der Waals surface area contributed by atoms with Crippen LogP contribution in [0, 0.1) is 0 Å². The normalized spacial score (nSPS) is 6.56. The van der Waals surface area contributed by atoms with Crippen LogP contribution in [0.5, 0.6) is 0 Å². The fourth-order valence-electron chi connectivity index (χ4n) is 0. The molecule has 0 saturated carbocycles. The van der Waals surface area contributed by atoms with Gasteiger partial charge in [-0.15, -0.1) is 0 Å². The SMILES string of the molecule is O.O.O.O.O=P(O)(O)O. The molecule has 0 aliphatic heterocycles. The minimum absolute atomic E-state index is 0. The van der Waals surface area contributed by atoms with Crippen molar-refractivity contribution in [1.29, 1.82) is 0 Å². The Morgan fingerprint density at radius 3 is 0.778 bits per heavy atom. The monoisotopic (exact) mass is 170 g/mol. The first-order chi connectivity index (χ1) is 2.00. The zero-order valence-electron chi connectivity index (χ0n) is 4.20. The Labute approximate surface area is 50.2 Å². The highest BCUT2D eigenvalue weighted by Crippen LogP contribution is 2.25. The molecule has 0 atom stereocenters. The van der Waals surface area contributed by atoms with Crippen LogP contribution in [0.25, 0.3) is 0 Å². The Balaban J connectivity index is -0.0000000133. The molecule has 0 bridgehead atoms. The van der Waals surface area contributed by atoms with Gasteiger partial charge in [0.15, 0.2) is 0 Å². The van der Waals surface area contributed by atoms with E-state index in [0.717, 1.165) is 0 Å². The lowest BCUT2D eigenvalue weighted by molar-refractivity contribution is 0.275. The van der Waals surface area contributed by atoms with E-state index in [9.17, 15) is 0 Å². The molecule has 0 fully saturated rings. The maximum atomic E-state index is 8.88. The van der Waals surface area contributed by atoms with Crippen molar-refractivity contribution in [1.82, 2.24) is 0 Å². The van der Waals surface area contributed by atoms with E-state index < -0.39 is 7.82 Å². The highest BCUT2D eigenvalue weighted by atomic mass is 31.2. The standard InChI is InChI=1S/H3O4P.4H2O/c1-5(2,3)4;;;;/h(H3,1,2,3,4);4*1H2. The van der Waals surface area contributed by atoms with E-state index >= 15 is 0 Å². The molecule has 0 rings (SSSR count). The summed E-state index contributed by atoms with van der Waals surface area (Å²) in [6.45, 7) is 0. The quantitative estimate of drug-likeness (QED) is 0.309. The lowest BCUT2D eigenvalue weighted by atomic mass is 15.8. The van der Waals surface area contributed by atoms with Gasteiger partial charge >= 0.3 is 7.82 Å². The Kier molecular flexibility index (Phi) is 43.7. The summed E-state index contributed by atoms with van der Waals surface area (Å²) in [6, 6.07) is 0. The Bertz CT molecular complexity index is 50.7. The smallest absolute Gasteiger partial charge is 0.412 e. The van der Waals surface area contributed by atoms with Crippen LogP contribution >= 0.6 is 7.82 Å². The molecule has 0 amide bonds. The average molecular weight is 170 g/mol. The lowest BCUT2D eigenvalue weighted by Crippen LogP contribution is -1.66. The molecule has 0 unspecified atom stereocenters. The second kappa shape index (κ2) is 10.8. The minimum atomic E-state index is -4.64. The van der Waals surface area contributed by atoms with Crippen LogP contribution in [0.1, 0.15) is 0 Å². The summed E-state index contributed by atoms with van der Waals surface area (Å²) in [5, 5.41) is 0. The molecule has 0 aliphatic carbocycles. The fraction of sp³-hybridized carbons (Fsp3) is 0. The first-order valence-electron chi connectivity index (χ1n) is 0.783. The average Bonchev–Trinajstić information content (AvgIpc) is 0.722. The molecule has 9 heavy (non-hydrogen) atoms. The van der Waals surface area contributed by atoms with Gasteiger partial charge in [0.05, 0.1) is 0 Å². The molecule has 0 aliphatic rings. The van der Waals surface area contributed by atoms with Crippen LogP contribution in [-0.4, -0.2) is 36.6 Å². The molecule has 0 saturated heterocycles. The van der Waals surface area contributed by atoms with E-state index in [0.29, 0.717) is 0 Å². The first-order valence-corrected chi connectivity index (χ1v) is 2.35. The van der Waals surface area contributed by atoms with E-state index in [1.807, 2.05) is 0 Å². The second-order valence-electron chi connectivity index (χ2n) is 0.513. The summed E-state index contributed by atoms with van der Waals surface area (Å²) >= 11 is 0. The number of phosphoric acid groups is 1. The molecule has 0 radical (unpaired) electrons. The van der Waals surface area contributed by atoms with Gasteiger partial charge in [0.25, 0.3) is 0 Å². The Hall–Kier alpha value is -0.0500. The van der Waals surface area contributed by atoms with Gasteiger partial charge in [-0.05, 0) is 0 Å². The maximum Gasteiger partial charge on any atom is 0.466 e. The van der Waals surface area contributed by atoms with Gasteiger partial charge in [0, 0.05) is 0 Å². The van der Waals surface area contributed by atoms with Crippen molar-refractivity contribution in [3.8, 4) is 0 Å². The van der Waals surface area contributed by atoms with Crippen molar-refractivity contribution in [2.24, 2.45) is 0 Å². The topological polar surface area (TPSA) is 204 Å². The Morgan fingerprint density at radius 1 is 0.778 bits per heavy atom. The molecule has 0 aromatic carbocycles. The summed E-state index contributed by atoms with van der Waals surface area (Å²) in [6.07, 6.45) is 0. The van der Waals surface area contributed by atoms with E-state index in [-0.39, 0.29) is 21.9 Å². The molecule has 0 spiro atoms. The third kappa shape index (κ3) is 113000. The van der Waals surface area contributed by atoms with Gasteiger partial charge in [-0.25, -0.2) is 4.57 Å². The van der Waals surface area contributed by atoms with Crippen LogP contribution < -0.4 is 0 Å². The predicted molar refractivity (Wildman–Crippen MR) is 28.7 cm³/mol. The van der Waals surface area contributed by atoms with Crippen molar-refractivity contribution in [2.45, 2.75) is 0 Å². The summed E-state index contributed by atoms with van der Waals surface area (Å²) in [4.78, 5) is 21.6.